The number of carbonyl (C=O) groups excluding carboxylic acids is 1. The van der Waals surface area contributed by atoms with Crippen LogP contribution in [0.2, 0.25) is 0 Å². The van der Waals surface area contributed by atoms with E-state index in [4.69, 9.17) is 4.74 Å². The first-order chi connectivity index (χ1) is 15.7. The number of non-ortho nitro benzene ring substituents is 1. The van der Waals surface area contributed by atoms with Crippen molar-refractivity contribution in [3.05, 3.63) is 88.0 Å². The number of sulfonamides is 1. The summed E-state index contributed by atoms with van der Waals surface area (Å²) in [6.07, 6.45) is 0.515. The highest BCUT2D eigenvalue weighted by Gasteiger charge is 2.20. The van der Waals surface area contributed by atoms with Crippen molar-refractivity contribution < 1.29 is 28.0 Å². The first-order valence-corrected chi connectivity index (χ1v) is 11.2. The number of carbonyl (C=O) groups is 1. The predicted molar refractivity (Wildman–Crippen MR) is 121 cm³/mol. The molecule has 3 N–H and O–H groups in total. The maximum Gasteiger partial charge on any atom is 0.271 e. The van der Waals surface area contributed by atoms with Gasteiger partial charge in [0, 0.05) is 24.2 Å². The summed E-state index contributed by atoms with van der Waals surface area (Å²) in [5.74, 6) is -0.119. The molecule has 0 heterocycles. The molecular formula is C22H21N3O7S. The van der Waals surface area contributed by atoms with Gasteiger partial charge in [-0.15, -0.1) is 0 Å². The second-order valence-electron chi connectivity index (χ2n) is 6.95. The summed E-state index contributed by atoms with van der Waals surface area (Å²) in [7, 11) is -2.78. The minimum absolute atomic E-state index is 0.0829. The van der Waals surface area contributed by atoms with Crippen molar-refractivity contribution in [3.63, 3.8) is 0 Å². The Morgan fingerprint density at radius 2 is 1.82 bits per heavy atom. The summed E-state index contributed by atoms with van der Waals surface area (Å²) in [6.45, 7) is 0.330. The number of rotatable bonds is 9. The first-order valence-electron chi connectivity index (χ1n) is 9.71. The number of amides is 1. The molecule has 0 saturated carbocycles. The van der Waals surface area contributed by atoms with Crippen LogP contribution in [-0.4, -0.2) is 38.0 Å². The predicted octanol–water partition coefficient (Wildman–Crippen LogP) is 3.08. The molecule has 0 fully saturated rings. The number of phenolic OH excluding ortho intramolecular Hbond substituents is 1. The van der Waals surface area contributed by atoms with Gasteiger partial charge >= 0.3 is 0 Å². The van der Waals surface area contributed by atoms with Gasteiger partial charge in [0.15, 0.2) is 0 Å². The van der Waals surface area contributed by atoms with Gasteiger partial charge in [0.1, 0.15) is 11.5 Å². The van der Waals surface area contributed by atoms with Crippen molar-refractivity contribution in [1.29, 1.82) is 0 Å². The monoisotopic (exact) mass is 471 g/mol. The zero-order valence-corrected chi connectivity index (χ0v) is 18.3. The third kappa shape index (κ3) is 5.98. The second kappa shape index (κ2) is 10.0. The molecule has 0 radical (unpaired) electrons. The first kappa shape index (κ1) is 23.5. The molecule has 0 aromatic heterocycles. The molecule has 0 saturated heterocycles. The number of nitrogens with zero attached hydrogens (tertiary/aromatic N) is 1. The van der Waals surface area contributed by atoms with Crippen LogP contribution in [0.3, 0.4) is 0 Å². The van der Waals surface area contributed by atoms with Crippen LogP contribution < -0.4 is 14.8 Å². The van der Waals surface area contributed by atoms with Crippen molar-refractivity contribution in [2.45, 2.75) is 11.3 Å². The van der Waals surface area contributed by atoms with Gasteiger partial charge in [0.25, 0.3) is 21.6 Å². The van der Waals surface area contributed by atoms with Crippen molar-refractivity contribution in [1.82, 2.24) is 5.32 Å². The maximum absolute atomic E-state index is 12.7. The lowest BCUT2D eigenvalue weighted by Gasteiger charge is -2.12. The molecule has 3 rings (SSSR count). The number of phenols is 1. The van der Waals surface area contributed by atoms with Gasteiger partial charge in [0.2, 0.25) is 0 Å². The van der Waals surface area contributed by atoms with Crippen LogP contribution in [-0.2, 0) is 16.4 Å². The number of hydrogen-bond acceptors (Lipinski definition) is 7. The van der Waals surface area contributed by atoms with Gasteiger partial charge in [-0.05, 0) is 54.4 Å². The molecule has 3 aromatic carbocycles. The maximum atomic E-state index is 12.7. The SMILES string of the molecule is COc1ccc([N+](=O)[O-])cc1NS(=O)(=O)c1ccc(C(=O)NCCc2cccc(O)c2)cc1. The zero-order valence-electron chi connectivity index (χ0n) is 17.5. The fourth-order valence-corrected chi connectivity index (χ4v) is 4.07. The van der Waals surface area contributed by atoms with Gasteiger partial charge < -0.3 is 15.2 Å². The molecule has 0 aliphatic carbocycles. The highest BCUT2D eigenvalue weighted by atomic mass is 32.2. The van der Waals surface area contributed by atoms with E-state index in [9.17, 15) is 28.4 Å². The van der Waals surface area contributed by atoms with E-state index in [2.05, 4.69) is 10.0 Å². The van der Waals surface area contributed by atoms with E-state index in [1.54, 1.807) is 18.2 Å². The number of nitrogens with one attached hydrogen (secondary N) is 2. The number of methoxy groups -OCH3 is 1. The molecule has 0 aliphatic rings. The quantitative estimate of drug-likeness (QED) is 0.321. The van der Waals surface area contributed by atoms with Crippen LogP contribution in [0.1, 0.15) is 15.9 Å². The van der Waals surface area contributed by atoms with Gasteiger partial charge in [-0.3, -0.25) is 19.6 Å². The largest absolute Gasteiger partial charge is 0.508 e. The third-order valence-electron chi connectivity index (χ3n) is 4.67. The Morgan fingerprint density at radius 1 is 1.09 bits per heavy atom. The topological polar surface area (TPSA) is 148 Å². The molecule has 33 heavy (non-hydrogen) atoms. The minimum Gasteiger partial charge on any atom is -0.508 e. The van der Waals surface area contributed by atoms with Crippen molar-refractivity contribution in [2.75, 3.05) is 18.4 Å². The number of benzene rings is 3. The molecule has 0 bridgehead atoms. The zero-order chi connectivity index (χ0) is 24.0. The van der Waals surface area contributed by atoms with Gasteiger partial charge in [0.05, 0.1) is 22.6 Å². The number of anilines is 1. The molecule has 0 spiro atoms. The van der Waals surface area contributed by atoms with Crippen LogP contribution >= 0.6 is 0 Å². The normalized spacial score (nSPS) is 10.9. The number of ether oxygens (including phenoxy) is 1. The average Bonchev–Trinajstić information content (AvgIpc) is 2.79. The van der Waals surface area contributed by atoms with E-state index in [1.807, 2.05) is 6.07 Å². The van der Waals surface area contributed by atoms with E-state index in [-0.39, 0.29) is 39.2 Å². The van der Waals surface area contributed by atoms with Gasteiger partial charge in [-0.2, -0.15) is 0 Å². The van der Waals surface area contributed by atoms with E-state index in [0.29, 0.717) is 13.0 Å². The molecule has 10 nitrogen and oxygen atoms in total. The van der Waals surface area contributed by atoms with E-state index < -0.39 is 14.9 Å². The standard InChI is InChI=1S/C22H21N3O7S/c1-32-21-10-7-17(25(28)29)14-20(21)24-33(30,31)19-8-5-16(6-9-19)22(27)23-12-11-15-3-2-4-18(26)13-15/h2-10,13-14,24,26H,11-12H2,1H3,(H,23,27). The molecule has 0 aliphatic heterocycles. The van der Waals surface area contributed by atoms with E-state index in [1.165, 1.54) is 43.5 Å². The summed E-state index contributed by atoms with van der Waals surface area (Å²) in [4.78, 5) is 22.6. The van der Waals surface area contributed by atoms with Crippen LogP contribution in [0.5, 0.6) is 11.5 Å². The summed E-state index contributed by atoms with van der Waals surface area (Å²) in [6, 6.07) is 15.5. The molecular weight excluding hydrogens is 450 g/mol. The molecule has 0 unspecified atom stereocenters. The van der Waals surface area contributed by atoms with Crippen molar-refractivity contribution >= 4 is 27.3 Å². The number of hydrogen-bond donors (Lipinski definition) is 3. The Kier molecular flexibility index (Phi) is 7.13. The van der Waals surface area contributed by atoms with Crippen LogP contribution in [0.15, 0.2) is 71.6 Å². The Labute approximate surface area is 190 Å². The summed E-state index contributed by atoms with van der Waals surface area (Å²) >= 11 is 0. The van der Waals surface area contributed by atoms with Crippen LogP contribution in [0, 0.1) is 10.1 Å². The fraction of sp³-hybridized carbons (Fsp3) is 0.136. The Bertz CT molecular complexity index is 1280. The highest BCUT2D eigenvalue weighted by Crippen LogP contribution is 2.30. The fourth-order valence-electron chi connectivity index (χ4n) is 3.01. The smallest absolute Gasteiger partial charge is 0.271 e. The molecule has 11 heteroatoms. The minimum atomic E-state index is -4.10. The van der Waals surface area contributed by atoms with Gasteiger partial charge in [-0.1, -0.05) is 12.1 Å². The van der Waals surface area contributed by atoms with Crippen LogP contribution in [0.4, 0.5) is 11.4 Å². The van der Waals surface area contributed by atoms with Crippen molar-refractivity contribution in [2.24, 2.45) is 0 Å². The third-order valence-corrected chi connectivity index (χ3v) is 6.06. The Hall–Kier alpha value is -4.12. The summed E-state index contributed by atoms with van der Waals surface area (Å²) in [5.41, 5.74) is 0.740. The molecule has 1 amide bonds. The molecule has 172 valence electrons. The highest BCUT2D eigenvalue weighted by molar-refractivity contribution is 7.92. The van der Waals surface area contributed by atoms with Crippen LogP contribution in [0.25, 0.3) is 0 Å². The number of nitro benzene ring substituents is 1. The number of nitro groups is 1. The lowest BCUT2D eigenvalue weighted by Crippen LogP contribution is -2.25. The Balaban J connectivity index is 1.68. The molecule has 0 atom stereocenters. The average molecular weight is 471 g/mol. The lowest BCUT2D eigenvalue weighted by molar-refractivity contribution is -0.384. The number of aromatic hydroxyl groups is 1. The Morgan fingerprint density at radius 3 is 2.45 bits per heavy atom. The lowest BCUT2D eigenvalue weighted by atomic mass is 10.1. The van der Waals surface area contributed by atoms with Gasteiger partial charge in [-0.25, -0.2) is 8.42 Å². The second-order valence-corrected chi connectivity index (χ2v) is 8.63. The van der Waals surface area contributed by atoms with E-state index >= 15 is 0 Å². The summed E-state index contributed by atoms with van der Waals surface area (Å²) in [5, 5.41) is 23.2. The summed E-state index contributed by atoms with van der Waals surface area (Å²) < 4.78 is 32.8. The van der Waals surface area contributed by atoms with E-state index in [0.717, 1.165) is 11.6 Å². The van der Waals surface area contributed by atoms with Crippen molar-refractivity contribution in [3.8, 4) is 11.5 Å². The molecule has 3 aromatic rings.